The second-order valence-corrected chi connectivity index (χ2v) is 21.8. The molecule has 12 N–H and O–H groups in total. The summed E-state index contributed by atoms with van der Waals surface area (Å²) in [6.07, 6.45) is 10.7. The van der Waals surface area contributed by atoms with Crippen molar-refractivity contribution in [3.63, 3.8) is 0 Å². The molecule has 3 aliphatic rings. The van der Waals surface area contributed by atoms with E-state index in [1.165, 1.54) is 141 Å². The van der Waals surface area contributed by atoms with E-state index in [9.17, 15) is 61.0 Å². The lowest BCUT2D eigenvalue weighted by atomic mass is 9.96. The van der Waals surface area contributed by atoms with Crippen molar-refractivity contribution in [1.29, 1.82) is 0 Å². The molecule has 0 spiro atoms. The van der Waals surface area contributed by atoms with Crippen LogP contribution in [-0.4, -0.2) is 193 Å². The molecule has 0 aromatic carbocycles. The van der Waals surface area contributed by atoms with Crippen LogP contribution in [0.5, 0.6) is 0 Å². The van der Waals surface area contributed by atoms with Gasteiger partial charge in [0.05, 0.1) is 38.6 Å². The van der Waals surface area contributed by atoms with Crippen LogP contribution in [0.4, 0.5) is 0 Å². The van der Waals surface area contributed by atoms with Crippen molar-refractivity contribution in [2.45, 2.75) is 324 Å². The fourth-order valence-corrected chi connectivity index (χ4v) is 10.5. The summed E-state index contributed by atoms with van der Waals surface area (Å²) < 4.78 is 34.2. The van der Waals surface area contributed by atoms with E-state index in [-0.39, 0.29) is 18.9 Å². The molecule has 19 nitrogen and oxygen atoms in total. The average molecular weight is 1080 g/mol. The number of amides is 1. The summed E-state index contributed by atoms with van der Waals surface area (Å²) in [5, 5.41) is 120. The number of hydrogen-bond donors (Lipinski definition) is 12. The first-order valence-corrected chi connectivity index (χ1v) is 29.8. The normalized spacial score (nSPS) is 31.1. The minimum Gasteiger partial charge on any atom is -0.394 e. The van der Waals surface area contributed by atoms with Crippen molar-refractivity contribution in [2.24, 2.45) is 0 Å². The highest BCUT2D eigenvalue weighted by molar-refractivity contribution is 5.76. The average Bonchev–Trinajstić information content (AvgIpc) is 3.41. The fourth-order valence-electron chi connectivity index (χ4n) is 10.5. The Morgan fingerprint density at radius 1 is 0.427 bits per heavy atom. The molecule has 0 bridgehead atoms. The molecule has 0 radical (unpaired) electrons. The molecule has 75 heavy (non-hydrogen) atoms. The second kappa shape index (κ2) is 40.9. The van der Waals surface area contributed by atoms with Crippen LogP contribution in [0, 0.1) is 0 Å². The lowest BCUT2D eigenvalue weighted by molar-refractivity contribution is -0.379. The van der Waals surface area contributed by atoms with Crippen LogP contribution in [0.3, 0.4) is 0 Å². The molecular weight excluding hydrogens is 975 g/mol. The van der Waals surface area contributed by atoms with Crippen LogP contribution in [0.1, 0.15) is 219 Å². The summed E-state index contributed by atoms with van der Waals surface area (Å²) in [6.45, 7) is 1.77. The number of carbonyl (C=O) groups excluding carboxylic acids is 1. The number of hydrogen-bond acceptors (Lipinski definition) is 18. The van der Waals surface area contributed by atoms with Crippen molar-refractivity contribution in [3.05, 3.63) is 0 Å². The number of nitrogens with one attached hydrogen (secondary N) is 1. The molecule has 1 amide bonds. The Balaban J connectivity index is 1.44. The molecule has 3 rings (SSSR count). The van der Waals surface area contributed by atoms with Crippen molar-refractivity contribution in [2.75, 3.05) is 26.4 Å². The minimum atomic E-state index is -1.97. The largest absolute Gasteiger partial charge is 0.394 e. The first kappa shape index (κ1) is 68.1. The Hall–Kier alpha value is -1.21. The van der Waals surface area contributed by atoms with Crippen LogP contribution in [0.25, 0.3) is 0 Å². The molecule has 444 valence electrons. The Morgan fingerprint density at radius 2 is 0.760 bits per heavy atom. The summed E-state index contributed by atoms with van der Waals surface area (Å²) >= 11 is 0. The van der Waals surface area contributed by atoms with E-state index in [2.05, 4.69) is 19.2 Å². The third-order valence-electron chi connectivity index (χ3n) is 15.4. The molecule has 0 saturated carbocycles. The lowest BCUT2D eigenvalue weighted by Crippen LogP contribution is -2.66. The zero-order valence-corrected chi connectivity index (χ0v) is 46.0. The maximum absolute atomic E-state index is 13.3. The number of ether oxygens (including phenoxy) is 6. The standard InChI is InChI=1S/C56H107NO18/c1-3-5-7-9-11-13-14-15-16-17-18-19-20-21-22-23-24-26-28-30-32-34-44(62)57-39(40(61)33-31-29-27-25-12-10-8-6-4-2)38-70-54-50(68)47(65)52(42(36-59)72-54)75-56-51(69)48(66)53(43(37-60)73-56)74-55-49(67)46(64)45(63)41(35-58)71-55/h39-43,45-56,58-61,63-69H,3-38H2,1-2H3,(H,57,62). The molecule has 3 heterocycles. The van der Waals surface area contributed by atoms with Crippen LogP contribution in [0.2, 0.25) is 0 Å². The van der Waals surface area contributed by atoms with E-state index in [1.54, 1.807) is 0 Å². The third-order valence-corrected chi connectivity index (χ3v) is 15.4. The SMILES string of the molecule is CCCCCCCCCCCCCCCCCCCCCCCC(=O)NC(COC1OC(CO)C(OC2OC(CO)C(OC3OC(CO)C(O)C(O)C3O)C(O)C2O)C(O)C1O)C(O)CCCCCCCCCCC. The number of aliphatic hydroxyl groups excluding tert-OH is 11. The van der Waals surface area contributed by atoms with Gasteiger partial charge in [0.1, 0.15) is 73.2 Å². The Morgan fingerprint density at radius 3 is 1.16 bits per heavy atom. The quantitative estimate of drug-likeness (QED) is 0.0364. The van der Waals surface area contributed by atoms with Crippen molar-refractivity contribution in [3.8, 4) is 0 Å². The maximum Gasteiger partial charge on any atom is 0.220 e. The molecule has 0 aromatic heterocycles. The molecule has 3 saturated heterocycles. The molecule has 17 unspecified atom stereocenters. The predicted molar refractivity (Wildman–Crippen MR) is 282 cm³/mol. The van der Waals surface area contributed by atoms with Crippen LogP contribution in [-0.2, 0) is 33.2 Å². The Kier molecular flexibility index (Phi) is 37.1. The monoisotopic (exact) mass is 1080 g/mol. The Bertz CT molecular complexity index is 1390. The first-order valence-electron chi connectivity index (χ1n) is 29.8. The molecule has 17 atom stereocenters. The molecule has 3 fully saturated rings. The molecule has 0 aromatic rings. The summed E-state index contributed by atoms with van der Waals surface area (Å²) in [4.78, 5) is 13.3. The van der Waals surface area contributed by atoms with E-state index < -0.39 is 124 Å². The summed E-state index contributed by atoms with van der Waals surface area (Å²) in [7, 11) is 0. The van der Waals surface area contributed by atoms with Crippen molar-refractivity contribution < 1.29 is 89.4 Å². The molecule has 0 aliphatic carbocycles. The zero-order valence-electron chi connectivity index (χ0n) is 46.0. The van der Waals surface area contributed by atoms with Crippen LogP contribution >= 0.6 is 0 Å². The van der Waals surface area contributed by atoms with Gasteiger partial charge in [-0.2, -0.15) is 0 Å². The number of unbranched alkanes of at least 4 members (excludes halogenated alkanes) is 28. The van der Waals surface area contributed by atoms with Gasteiger partial charge in [-0.3, -0.25) is 4.79 Å². The highest BCUT2D eigenvalue weighted by Gasteiger charge is 2.53. The van der Waals surface area contributed by atoms with Gasteiger partial charge in [-0.05, 0) is 12.8 Å². The number of rotatable bonds is 44. The van der Waals surface area contributed by atoms with E-state index in [4.69, 9.17) is 28.4 Å². The second-order valence-electron chi connectivity index (χ2n) is 21.8. The van der Waals surface area contributed by atoms with Gasteiger partial charge in [-0.25, -0.2) is 0 Å². The number of aliphatic hydroxyl groups is 11. The molecule has 3 aliphatic heterocycles. The number of carbonyl (C=O) groups is 1. The van der Waals surface area contributed by atoms with Gasteiger partial charge in [0.25, 0.3) is 0 Å². The maximum atomic E-state index is 13.3. The van der Waals surface area contributed by atoms with Gasteiger partial charge in [0, 0.05) is 6.42 Å². The van der Waals surface area contributed by atoms with E-state index in [1.807, 2.05) is 0 Å². The van der Waals surface area contributed by atoms with Gasteiger partial charge in [0.2, 0.25) is 5.91 Å². The van der Waals surface area contributed by atoms with Gasteiger partial charge in [-0.1, -0.05) is 200 Å². The summed E-state index contributed by atoms with van der Waals surface area (Å²) in [5.41, 5.74) is 0. The topological polar surface area (TPSA) is 307 Å². The van der Waals surface area contributed by atoms with E-state index in [0.717, 1.165) is 44.9 Å². The fraction of sp³-hybridized carbons (Fsp3) is 0.982. The summed E-state index contributed by atoms with van der Waals surface area (Å²) in [5.74, 6) is -0.241. The molecular formula is C56H107NO18. The van der Waals surface area contributed by atoms with Crippen molar-refractivity contribution in [1.82, 2.24) is 5.32 Å². The highest BCUT2D eigenvalue weighted by Crippen LogP contribution is 2.33. The van der Waals surface area contributed by atoms with Gasteiger partial charge < -0.3 is 89.9 Å². The smallest absolute Gasteiger partial charge is 0.220 e. The van der Waals surface area contributed by atoms with Gasteiger partial charge in [0.15, 0.2) is 18.9 Å². The van der Waals surface area contributed by atoms with Gasteiger partial charge >= 0.3 is 0 Å². The summed E-state index contributed by atoms with van der Waals surface area (Å²) in [6, 6.07) is -0.878. The van der Waals surface area contributed by atoms with Crippen molar-refractivity contribution >= 4 is 5.91 Å². The van der Waals surface area contributed by atoms with E-state index >= 15 is 0 Å². The minimum absolute atomic E-state index is 0.241. The lowest BCUT2D eigenvalue weighted by Gasteiger charge is -2.48. The highest BCUT2D eigenvalue weighted by atomic mass is 16.8. The van der Waals surface area contributed by atoms with Gasteiger partial charge in [-0.15, -0.1) is 0 Å². The Labute approximate surface area is 449 Å². The van der Waals surface area contributed by atoms with E-state index in [0.29, 0.717) is 12.8 Å². The van der Waals surface area contributed by atoms with Crippen LogP contribution in [0.15, 0.2) is 0 Å². The first-order chi connectivity index (χ1) is 36.3. The third kappa shape index (κ3) is 25.4. The zero-order chi connectivity index (χ0) is 54.8. The predicted octanol–water partition coefficient (Wildman–Crippen LogP) is 4.82. The molecule has 19 heteroatoms. The van der Waals surface area contributed by atoms with Crippen LogP contribution < -0.4 is 5.32 Å².